The van der Waals surface area contributed by atoms with Crippen molar-refractivity contribution in [2.75, 3.05) is 6.54 Å². The number of aromatic nitrogens is 2. The van der Waals surface area contributed by atoms with Gasteiger partial charge in [0.15, 0.2) is 5.82 Å². The van der Waals surface area contributed by atoms with Crippen LogP contribution in [0.1, 0.15) is 23.7 Å². The summed E-state index contributed by atoms with van der Waals surface area (Å²) in [5, 5.41) is 3.92. The molecule has 0 unspecified atom stereocenters. The molecular weight excluding hydrogens is 214 g/mol. The molecule has 1 heterocycles. The zero-order valence-corrected chi connectivity index (χ0v) is 9.80. The van der Waals surface area contributed by atoms with E-state index in [-0.39, 0.29) is 0 Å². The largest absolute Gasteiger partial charge is 0.339 e. The number of rotatable bonds is 6. The lowest BCUT2D eigenvalue weighted by atomic mass is 10.1. The van der Waals surface area contributed by atoms with Gasteiger partial charge in [0.05, 0.1) is 0 Å². The molecule has 0 amide bonds. The normalized spacial score (nSPS) is 10.6. The predicted octanol–water partition coefficient (Wildman–Crippen LogP) is 1.75. The first kappa shape index (κ1) is 11.8. The number of hydrogen-bond donors (Lipinski definition) is 1. The van der Waals surface area contributed by atoms with Crippen molar-refractivity contribution in [3.05, 3.63) is 47.6 Å². The van der Waals surface area contributed by atoms with Crippen molar-refractivity contribution >= 4 is 0 Å². The van der Waals surface area contributed by atoms with Crippen LogP contribution >= 0.6 is 0 Å². The fourth-order valence-electron chi connectivity index (χ4n) is 1.65. The van der Waals surface area contributed by atoms with Crippen LogP contribution in [0.2, 0.25) is 0 Å². The number of hydrogen-bond acceptors (Lipinski definition) is 4. The summed E-state index contributed by atoms with van der Waals surface area (Å²) >= 11 is 0. The fourth-order valence-corrected chi connectivity index (χ4v) is 1.65. The quantitative estimate of drug-likeness (QED) is 0.822. The Balaban J connectivity index is 1.85. The topological polar surface area (TPSA) is 64.9 Å². The van der Waals surface area contributed by atoms with Gasteiger partial charge in [-0.05, 0) is 24.9 Å². The number of aryl methyl sites for hydroxylation is 3. The summed E-state index contributed by atoms with van der Waals surface area (Å²) in [6.45, 7) is 0.661. The van der Waals surface area contributed by atoms with Crippen molar-refractivity contribution in [2.45, 2.75) is 25.7 Å². The highest BCUT2D eigenvalue weighted by Crippen LogP contribution is 2.06. The second-order valence-electron chi connectivity index (χ2n) is 3.98. The molecule has 17 heavy (non-hydrogen) atoms. The van der Waals surface area contributed by atoms with Gasteiger partial charge in [0.1, 0.15) is 0 Å². The van der Waals surface area contributed by atoms with Crippen LogP contribution in [0.15, 0.2) is 34.9 Å². The summed E-state index contributed by atoms with van der Waals surface area (Å²) in [5.41, 5.74) is 6.72. The highest BCUT2D eigenvalue weighted by atomic mass is 16.5. The highest BCUT2D eigenvalue weighted by Gasteiger charge is 2.05. The second kappa shape index (κ2) is 6.15. The van der Waals surface area contributed by atoms with Crippen molar-refractivity contribution in [1.82, 2.24) is 10.1 Å². The predicted molar refractivity (Wildman–Crippen MR) is 65.5 cm³/mol. The van der Waals surface area contributed by atoms with Crippen LogP contribution in [0.4, 0.5) is 0 Å². The molecule has 0 aliphatic rings. The SMILES string of the molecule is NCCCc1noc(CCc2ccccc2)n1. The third kappa shape index (κ3) is 3.67. The van der Waals surface area contributed by atoms with Crippen molar-refractivity contribution in [2.24, 2.45) is 5.73 Å². The molecule has 2 N–H and O–H groups in total. The van der Waals surface area contributed by atoms with E-state index in [1.165, 1.54) is 5.56 Å². The number of nitrogens with zero attached hydrogens (tertiary/aromatic N) is 2. The molecule has 90 valence electrons. The van der Waals surface area contributed by atoms with Crippen LogP contribution in [0.3, 0.4) is 0 Å². The number of nitrogens with two attached hydrogens (primary N) is 1. The van der Waals surface area contributed by atoms with Crippen LogP contribution in [-0.4, -0.2) is 16.7 Å². The molecule has 0 atom stereocenters. The number of benzene rings is 1. The van der Waals surface area contributed by atoms with E-state index in [2.05, 4.69) is 22.3 Å². The molecule has 2 aromatic rings. The Hall–Kier alpha value is -1.68. The molecule has 0 spiro atoms. The van der Waals surface area contributed by atoms with E-state index in [1.54, 1.807) is 0 Å². The summed E-state index contributed by atoms with van der Waals surface area (Å²) in [4.78, 5) is 4.33. The molecule has 4 heteroatoms. The van der Waals surface area contributed by atoms with Gasteiger partial charge in [0, 0.05) is 12.8 Å². The molecule has 0 radical (unpaired) electrons. The molecular formula is C13H17N3O. The van der Waals surface area contributed by atoms with E-state index < -0.39 is 0 Å². The lowest BCUT2D eigenvalue weighted by Gasteiger charge is -1.96. The average molecular weight is 231 g/mol. The van der Waals surface area contributed by atoms with Crippen LogP contribution in [0.25, 0.3) is 0 Å². The summed E-state index contributed by atoms with van der Waals surface area (Å²) in [5.74, 6) is 1.47. The fraction of sp³-hybridized carbons (Fsp3) is 0.385. The Labute approximate surface area is 101 Å². The van der Waals surface area contributed by atoms with E-state index in [9.17, 15) is 0 Å². The van der Waals surface area contributed by atoms with E-state index in [0.29, 0.717) is 12.4 Å². The van der Waals surface area contributed by atoms with E-state index in [4.69, 9.17) is 10.3 Å². The lowest BCUT2D eigenvalue weighted by Crippen LogP contribution is -2.01. The molecule has 4 nitrogen and oxygen atoms in total. The molecule has 1 aromatic carbocycles. The van der Waals surface area contributed by atoms with Gasteiger partial charge < -0.3 is 10.3 Å². The minimum atomic E-state index is 0.661. The zero-order valence-electron chi connectivity index (χ0n) is 9.80. The van der Waals surface area contributed by atoms with Gasteiger partial charge in [-0.3, -0.25) is 0 Å². The molecule has 0 saturated carbocycles. The van der Waals surface area contributed by atoms with E-state index in [1.807, 2.05) is 18.2 Å². The zero-order chi connectivity index (χ0) is 11.9. The molecule has 0 aliphatic carbocycles. The molecule has 0 aliphatic heterocycles. The van der Waals surface area contributed by atoms with Crippen molar-refractivity contribution in [3.8, 4) is 0 Å². The lowest BCUT2D eigenvalue weighted by molar-refractivity contribution is 0.372. The Bertz CT molecular complexity index is 439. The Morgan fingerprint density at radius 2 is 1.88 bits per heavy atom. The molecule has 0 fully saturated rings. The Kier molecular flexibility index (Phi) is 4.27. The van der Waals surface area contributed by atoms with Crippen LogP contribution in [0.5, 0.6) is 0 Å². The summed E-state index contributed by atoms with van der Waals surface area (Å²) in [6.07, 6.45) is 3.42. The summed E-state index contributed by atoms with van der Waals surface area (Å²) in [7, 11) is 0. The van der Waals surface area contributed by atoms with Gasteiger partial charge in [-0.25, -0.2) is 0 Å². The smallest absolute Gasteiger partial charge is 0.226 e. The van der Waals surface area contributed by atoms with Crippen LogP contribution < -0.4 is 5.73 Å². The highest BCUT2D eigenvalue weighted by molar-refractivity contribution is 5.15. The van der Waals surface area contributed by atoms with Gasteiger partial charge in [-0.1, -0.05) is 35.5 Å². The minimum Gasteiger partial charge on any atom is -0.339 e. The van der Waals surface area contributed by atoms with Gasteiger partial charge >= 0.3 is 0 Å². The van der Waals surface area contributed by atoms with Crippen LogP contribution in [-0.2, 0) is 19.3 Å². The first-order chi connectivity index (χ1) is 8.38. The van der Waals surface area contributed by atoms with Crippen molar-refractivity contribution in [1.29, 1.82) is 0 Å². The van der Waals surface area contributed by atoms with E-state index in [0.717, 1.165) is 31.5 Å². The standard InChI is InChI=1S/C13H17N3O/c14-10-4-7-12-15-13(17-16-12)9-8-11-5-2-1-3-6-11/h1-3,5-6H,4,7-10,14H2. The van der Waals surface area contributed by atoms with Crippen LogP contribution in [0, 0.1) is 0 Å². The first-order valence-corrected chi connectivity index (χ1v) is 5.94. The average Bonchev–Trinajstić information content (AvgIpc) is 2.83. The third-order valence-corrected chi connectivity index (χ3v) is 2.59. The Morgan fingerprint density at radius 1 is 1.06 bits per heavy atom. The third-order valence-electron chi connectivity index (χ3n) is 2.59. The monoisotopic (exact) mass is 231 g/mol. The molecule has 1 aromatic heterocycles. The van der Waals surface area contributed by atoms with E-state index >= 15 is 0 Å². The summed E-state index contributed by atoms with van der Waals surface area (Å²) in [6, 6.07) is 10.3. The maximum atomic E-state index is 5.43. The van der Waals surface area contributed by atoms with Gasteiger partial charge in [-0.2, -0.15) is 4.98 Å². The van der Waals surface area contributed by atoms with Gasteiger partial charge in [-0.15, -0.1) is 0 Å². The van der Waals surface area contributed by atoms with Crippen molar-refractivity contribution in [3.63, 3.8) is 0 Å². The molecule has 0 bridgehead atoms. The maximum Gasteiger partial charge on any atom is 0.226 e. The minimum absolute atomic E-state index is 0.661. The summed E-state index contributed by atoms with van der Waals surface area (Å²) < 4.78 is 5.18. The first-order valence-electron chi connectivity index (χ1n) is 5.94. The molecule has 0 saturated heterocycles. The van der Waals surface area contributed by atoms with Gasteiger partial charge in [0.2, 0.25) is 5.89 Å². The Morgan fingerprint density at radius 3 is 2.65 bits per heavy atom. The van der Waals surface area contributed by atoms with Gasteiger partial charge in [0.25, 0.3) is 0 Å². The molecule has 2 rings (SSSR count). The van der Waals surface area contributed by atoms with Crippen molar-refractivity contribution < 1.29 is 4.52 Å². The second-order valence-corrected chi connectivity index (χ2v) is 3.98. The maximum absolute atomic E-state index is 5.43.